The standard InChI is InChI=1S/C23H29F2N3O4S/c1-4-26-23(30)17(2)27(16-18-11-13-19(24)14-12-18)22(29)10-7-15-28(33(3,31)32)21-9-6-5-8-20(21)25/h5-6,8-9,11-14,17H,4,7,10,15-16H2,1-3H3,(H,26,30). The molecule has 0 aliphatic heterocycles. The summed E-state index contributed by atoms with van der Waals surface area (Å²) in [6.45, 7) is 3.73. The van der Waals surface area contributed by atoms with Crippen molar-refractivity contribution in [1.82, 2.24) is 10.2 Å². The highest BCUT2D eigenvalue weighted by Gasteiger charge is 2.26. The average Bonchev–Trinajstić information content (AvgIpc) is 2.76. The summed E-state index contributed by atoms with van der Waals surface area (Å²) in [5, 5.41) is 2.68. The molecular weight excluding hydrogens is 452 g/mol. The summed E-state index contributed by atoms with van der Waals surface area (Å²) in [5.74, 6) is -1.81. The normalized spacial score (nSPS) is 12.2. The molecule has 1 unspecified atom stereocenters. The Morgan fingerprint density at radius 1 is 1.06 bits per heavy atom. The van der Waals surface area contributed by atoms with Gasteiger partial charge in [-0.25, -0.2) is 17.2 Å². The van der Waals surface area contributed by atoms with Gasteiger partial charge in [0.15, 0.2) is 0 Å². The molecule has 2 amide bonds. The second kappa shape index (κ2) is 11.7. The summed E-state index contributed by atoms with van der Waals surface area (Å²) >= 11 is 0. The molecule has 0 aliphatic rings. The zero-order valence-electron chi connectivity index (χ0n) is 18.9. The maximum absolute atomic E-state index is 14.2. The molecule has 2 rings (SSSR count). The number of hydrogen-bond donors (Lipinski definition) is 1. The van der Waals surface area contributed by atoms with Gasteiger partial charge in [0.05, 0.1) is 11.9 Å². The number of para-hydroxylation sites is 1. The van der Waals surface area contributed by atoms with Gasteiger partial charge in [0.2, 0.25) is 21.8 Å². The Morgan fingerprint density at radius 2 is 1.70 bits per heavy atom. The summed E-state index contributed by atoms with van der Waals surface area (Å²) < 4.78 is 52.8. The third kappa shape index (κ3) is 7.52. The van der Waals surface area contributed by atoms with Crippen LogP contribution in [0, 0.1) is 11.6 Å². The number of benzene rings is 2. The molecule has 0 saturated heterocycles. The minimum Gasteiger partial charge on any atom is -0.355 e. The Bertz CT molecular complexity index is 1060. The van der Waals surface area contributed by atoms with E-state index in [1.807, 2.05) is 0 Å². The fraction of sp³-hybridized carbons (Fsp3) is 0.391. The molecule has 0 heterocycles. The highest BCUT2D eigenvalue weighted by Crippen LogP contribution is 2.22. The zero-order valence-corrected chi connectivity index (χ0v) is 19.7. The van der Waals surface area contributed by atoms with Crippen molar-refractivity contribution in [3.8, 4) is 0 Å². The minimum atomic E-state index is -3.78. The molecule has 0 aromatic heterocycles. The molecule has 2 aromatic rings. The fourth-order valence-corrected chi connectivity index (χ4v) is 4.29. The first-order valence-electron chi connectivity index (χ1n) is 10.6. The first-order chi connectivity index (χ1) is 15.5. The largest absolute Gasteiger partial charge is 0.355 e. The van der Waals surface area contributed by atoms with E-state index in [-0.39, 0.29) is 43.4 Å². The van der Waals surface area contributed by atoms with Crippen LogP contribution in [0.15, 0.2) is 48.5 Å². The van der Waals surface area contributed by atoms with E-state index in [1.54, 1.807) is 13.8 Å². The summed E-state index contributed by atoms with van der Waals surface area (Å²) in [6.07, 6.45) is 1.02. The summed E-state index contributed by atoms with van der Waals surface area (Å²) in [5.41, 5.74) is 0.552. The van der Waals surface area contributed by atoms with Gasteiger partial charge in [0.1, 0.15) is 17.7 Å². The van der Waals surface area contributed by atoms with Crippen LogP contribution in [0.25, 0.3) is 0 Å². The van der Waals surface area contributed by atoms with Crippen LogP contribution in [-0.4, -0.2) is 50.5 Å². The molecule has 7 nitrogen and oxygen atoms in total. The first-order valence-corrected chi connectivity index (χ1v) is 12.4. The summed E-state index contributed by atoms with van der Waals surface area (Å²) in [4.78, 5) is 26.8. The first kappa shape index (κ1) is 26.2. The van der Waals surface area contributed by atoms with Crippen LogP contribution < -0.4 is 9.62 Å². The van der Waals surface area contributed by atoms with Gasteiger partial charge in [0, 0.05) is 26.1 Å². The van der Waals surface area contributed by atoms with Gasteiger partial charge < -0.3 is 10.2 Å². The molecule has 0 aliphatic carbocycles. The Morgan fingerprint density at radius 3 is 2.27 bits per heavy atom. The molecule has 10 heteroatoms. The zero-order chi connectivity index (χ0) is 24.6. The predicted molar refractivity (Wildman–Crippen MR) is 123 cm³/mol. The van der Waals surface area contributed by atoms with Crippen molar-refractivity contribution in [1.29, 1.82) is 0 Å². The van der Waals surface area contributed by atoms with Crippen LogP contribution in [0.5, 0.6) is 0 Å². The highest BCUT2D eigenvalue weighted by atomic mass is 32.2. The van der Waals surface area contributed by atoms with E-state index >= 15 is 0 Å². The molecular formula is C23H29F2N3O4S. The molecule has 180 valence electrons. The summed E-state index contributed by atoms with van der Waals surface area (Å²) in [7, 11) is -3.78. The third-order valence-corrected chi connectivity index (χ3v) is 6.24. The third-order valence-electron chi connectivity index (χ3n) is 5.06. The van der Waals surface area contributed by atoms with Gasteiger partial charge in [-0.05, 0) is 50.1 Å². The Hall–Kier alpha value is -3.01. The van der Waals surface area contributed by atoms with Crippen molar-refractivity contribution in [2.24, 2.45) is 0 Å². The van der Waals surface area contributed by atoms with Crippen LogP contribution in [0.2, 0.25) is 0 Å². The van der Waals surface area contributed by atoms with Crippen LogP contribution in [0.1, 0.15) is 32.3 Å². The number of nitrogens with one attached hydrogen (secondary N) is 1. The van der Waals surface area contributed by atoms with Crippen molar-refractivity contribution >= 4 is 27.5 Å². The second-order valence-electron chi connectivity index (χ2n) is 7.61. The number of rotatable bonds is 11. The van der Waals surface area contributed by atoms with Crippen molar-refractivity contribution in [2.45, 2.75) is 39.3 Å². The van der Waals surface area contributed by atoms with Crippen molar-refractivity contribution in [3.05, 3.63) is 65.7 Å². The number of carbonyl (C=O) groups is 2. The average molecular weight is 482 g/mol. The highest BCUT2D eigenvalue weighted by molar-refractivity contribution is 7.92. The topological polar surface area (TPSA) is 86.8 Å². The number of hydrogen-bond acceptors (Lipinski definition) is 4. The lowest BCUT2D eigenvalue weighted by atomic mass is 10.1. The van der Waals surface area contributed by atoms with Gasteiger partial charge in [-0.15, -0.1) is 0 Å². The van der Waals surface area contributed by atoms with Crippen LogP contribution >= 0.6 is 0 Å². The molecule has 0 bridgehead atoms. The van der Waals surface area contributed by atoms with E-state index in [9.17, 15) is 26.8 Å². The van der Waals surface area contributed by atoms with E-state index < -0.39 is 27.7 Å². The Labute approximate surface area is 193 Å². The second-order valence-corrected chi connectivity index (χ2v) is 9.52. The number of anilines is 1. The number of nitrogens with zero attached hydrogens (tertiary/aromatic N) is 2. The SMILES string of the molecule is CCNC(=O)C(C)N(Cc1ccc(F)cc1)C(=O)CCCN(c1ccccc1F)S(C)(=O)=O. The number of halogens is 2. The molecule has 1 N–H and O–H groups in total. The molecule has 1 atom stereocenters. The van der Waals surface area contributed by atoms with Crippen molar-refractivity contribution in [3.63, 3.8) is 0 Å². The van der Waals surface area contributed by atoms with E-state index in [2.05, 4.69) is 5.32 Å². The van der Waals surface area contributed by atoms with Gasteiger partial charge in [-0.2, -0.15) is 0 Å². The molecule has 2 aromatic carbocycles. The van der Waals surface area contributed by atoms with E-state index in [4.69, 9.17) is 0 Å². The maximum atomic E-state index is 14.2. The van der Waals surface area contributed by atoms with E-state index in [1.165, 1.54) is 47.4 Å². The Kier molecular flexibility index (Phi) is 9.33. The Balaban J connectivity index is 2.15. The summed E-state index contributed by atoms with van der Waals surface area (Å²) in [6, 6.07) is 10.3. The number of likely N-dealkylation sites (N-methyl/N-ethyl adjacent to an activating group) is 1. The number of carbonyl (C=O) groups excluding carboxylic acids is 2. The quantitative estimate of drug-likeness (QED) is 0.535. The smallest absolute Gasteiger partial charge is 0.242 e. The molecule has 0 fully saturated rings. The van der Waals surface area contributed by atoms with Crippen molar-refractivity contribution < 1.29 is 26.8 Å². The molecule has 0 spiro atoms. The van der Waals surface area contributed by atoms with Gasteiger partial charge in [0.25, 0.3) is 0 Å². The maximum Gasteiger partial charge on any atom is 0.242 e. The van der Waals surface area contributed by atoms with Gasteiger partial charge in [-0.3, -0.25) is 13.9 Å². The number of amides is 2. The van der Waals surface area contributed by atoms with Gasteiger partial charge >= 0.3 is 0 Å². The molecule has 33 heavy (non-hydrogen) atoms. The predicted octanol–water partition coefficient (Wildman–Crippen LogP) is 3.06. The van der Waals surface area contributed by atoms with E-state index in [0.717, 1.165) is 16.6 Å². The lowest BCUT2D eigenvalue weighted by Crippen LogP contribution is -2.47. The lowest BCUT2D eigenvalue weighted by Gasteiger charge is -2.29. The molecule has 0 radical (unpaired) electrons. The molecule has 0 saturated carbocycles. The van der Waals surface area contributed by atoms with Crippen LogP contribution in [-0.2, 0) is 26.2 Å². The van der Waals surface area contributed by atoms with E-state index in [0.29, 0.717) is 12.1 Å². The van der Waals surface area contributed by atoms with Crippen LogP contribution in [0.4, 0.5) is 14.5 Å². The minimum absolute atomic E-state index is 0.0641. The van der Waals surface area contributed by atoms with Crippen LogP contribution in [0.3, 0.4) is 0 Å². The van der Waals surface area contributed by atoms with Crippen molar-refractivity contribution in [2.75, 3.05) is 23.7 Å². The monoisotopic (exact) mass is 481 g/mol. The fourth-order valence-electron chi connectivity index (χ4n) is 3.33. The lowest BCUT2D eigenvalue weighted by molar-refractivity contribution is -0.140. The van der Waals surface area contributed by atoms with Gasteiger partial charge in [-0.1, -0.05) is 24.3 Å². The number of sulfonamides is 1.